The molecule has 0 fully saturated rings. The summed E-state index contributed by atoms with van der Waals surface area (Å²) in [6.45, 7) is 5.95. The third-order valence-electron chi connectivity index (χ3n) is 3.68. The zero-order valence-electron chi connectivity index (χ0n) is 12.6. The summed E-state index contributed by atoms with van der Waals surface area (Å²) in [6, 6.07) is 17.3. The van der Waals surface area contributed by atoms with Gasteiger partial charge in [0, 0.05) is 25.8 Å². The minimum absolute atomic E-state index is 0.582. The van der Waals surface area contributed by atoms with E-state index in [9.17, 15) is 0 Å². The lowest BCUT2D eigenvalue weighted by Crippen LogP contribution is -2.16. The van der Waals surface area contributed by atoms with Gasteiger partial charge in [0.15, 0.2) is 0 Å². The molecule has 2 heteroatoms. The molecule has 0 aromatic heterocycles. The second-order valence-corrected chi connectivity index (χ2v) is 5.62. The lowest BCUT2D eigenvalue weighted by Gasteiger charge is -2.20. The van der Waals surface area contributed by atoms with E-state index in [1.54, 1.807) is 0 Å². The van der Waals surface area contributed by atoms with Crippen molar-refractivity contribution in [2.45, 2.75) is 32.9 Å². The molecule has 0 aliphatic carbocycles. The van der Waals surface area contributed by atoms with Gasteiger partial charge in [-0.3, -0.25) is 0 Å². The van der Waals surface area contributed by atoms with Crippen molar-refractivity contribution < 1.29 is 0 Å². The third-order valence-corrected chi connectivity index (χ3v) is 3.68. The van der Waals surface area contributed by atoms with E-state index < -0.39 is 0 Å². The Balaban J connectivity index is 2.04. The number of hydrogen-bond acceptors (Lipinski definition) is 2. The van der Waals surface area contributed by atoms with Crippen molar-refractivity contribution >= 4 is 5.69 Å². The molecule has 0 aliphatic heterocycles. The van der Waals surface area contributed by atoms with Crippen molar-refractivity contribution in [1.82, 2.24) is 0 Å². The van der Waals surface area contributed by atoms with E-state index >= 15 is 0 Å². The average molecular weight is 268 g/mol. The van der Waals surface area contributed by atoms with E-state index in [0.717, 1.165) is 6.54 Å². The lowest BCUT2D eigenvalue weighted by molar-refractivity contribution is 0.863. The first-order valence-corrected chi connectivity index (χ1v) is 7.19. The normalized spacial score (nSPS) is 10.8. The van der Waals surface area contributed by atoms with Crippen LogP contribution in [0.4, 0.5) is 5.69 Å². The van der Waals surface area contributed by atoms with Crippen molar-refractivity contribution in [2.75, 3.05) is 11.9 Å². The van der Waals surface area contributed by atoms with Gasteiger partial charge in [-0.1, -0.05) is 50.2 Å². The Morgan fingerprint density at radius 1 is 0.900 bits per heavy atom. The second kappa shape index (κ2) is 6.58. The molecular formula is C18H24N2. The minimum Gasteiger partial charge on any atom is -0.370 e. The lowest BCUT2D eigenvalue weighted by atomic mass is 10.0. The second-order valence-electron chi connectivity index (χ2n) is 5.62. The SMILES string of the molecule is CC(C)c1ccc(N(C)Cc2ccc(CN)cc2)cc1. The van der Waals surface area contributed by atoms with Crippen LogP contribution in [0.3, 0.4) is 0 Å². The molecule has 0 amide bonds. The van der Waals surface area contributed by atoms with Crippen LogP contribution in [0.25, 0.3) is 0 Å². The summed E-state index contributed by atoms with van der Waals surface area (Å²) in [5, 5.41) is 0. The van der Waals surface area contributed by atoms with E-state index in [0.29, 0.717) is 12.5 Å². The Hall–Kier alpha value is -1.80. The molecule has 20 heavy (non-hydrogen) atoms. The van der Waals surface area contributed by atoms with Gasteiger partial charge >= 0.3 is 0 Å². The highest BCUT2D eigenvalue weighted by Crippen LogP contribution is 2.20. The topological polar surface area (TPSA) is 29.3 Å². The van der Waals surface area contributed by atoms with Crippen LogP contribution in [-0.4, -0.2) is 7.05 Å². The number of benzene rings is 2. The fraction of sp³-hybridized carbons (Fsp3) is 0.333. The van der Waals surface area contributed by atoms with Crippen LogP contribution >= 0.6 is 0 Å². The highest BCUT2D eigenvalue weighted by atomic mass is 15.1. The predicted molar refractivity (Wildman–Crippen MR) is 87.0 cm³/mol. The molecule has 2 rings (SSSR count). The third kappa shape index (κ3) is 3.61. The number of nitrogens with two attached hydrogens (primary N) is 1. The maximum absolute atomic E-state index is 5.62. The maximum Gasteiger partial charge on any atom is 0.0426 e. The standard InChI is InChI=1S/C18H24N2/c1-14(2)17-8-10-18(11-9-17)20(3)13-16-6-4-15(12-19)5-7-16/h4-11,14H,12-13,19H2,1-3H3. The first-order chi connectivity index (χ1) is 9.60. The molecule has 0 saturated heterocycles. The molecule has 0 radical (unpaired) electrons. The van der Waals surface area contributed by atoms with Gasteiger partial charge in [0.1, 0.15) is 0 Å². The zero-order valence-corrected chi connectivity index (χ0v) is 12.6. The molecule has 106 valence electrons. The van der Waals surface area contributed by atoms with Gasteiger partial charge in [0.25, 0.3) is 0 Å². The van der Waals surface area contributed by atoms with E-state index in [1.807, 2.05) is 0 Å². The van der Waals surface area contributed by atoms with Gasteiger partial charge in [-0.25, -0.2) is 0 Å². The van der Waals surface area contributed by atoms with Crippen molar-refractivity contribution in [1.29, 1.82) is 0 Å². The molecular weight excluding hydrogens is 244 g/mol. The van der Waals surface area contributed by atoms with Crippen LogP contribution in [0.1, 0.15) is 36.5 Å². The first kappa shape index (κ1) is 14.6. The summed E-state index contributed by atoms with van der Waals surface area (Å²) in [6.07, 6.45) is 0. The molecule has 0 atom stereocenters. The van der Waals surface area contributed by atoms with E-state index in [-0.39, 0.29) is 0 Å². The smallest absolute Gasteiger partial charge is 0.0426 e. The molecule has 0 heterocycles. The summed E-state index contributed by atoms with van der Waals surface area (Å²) >= 11 is 0. The summed E-state index contributed by atoms with van der Waals surface area (Å²) in [4.78, 5) is 2.27. The van der Waals surface area contributed by atoms with Gasteiger partial charge in [-0.15, -0.1) is 0 Å². The van der Waals surface area contributed by atoms with Crippen molar-refractivity contribution in [3.8, 4) is 0 Å². The number of anilines is 1. The average Bonchev–Trinajstić information content (AvgIpc) is 2.48. The summed E-state index contributed by atoms with van der Waals surface area (Å²) < 4.78 is 0. The fourth-order valence-corrected chi connectivity index (χ4v) is 2.26. The van der Waals surface area contributed by atoms with Crippen LogP contribution in [0, 0.1) is 0 Å². The number of rotatable bonds is 5. The molecule has 0 saturated carbocycles. The van der Waals surface area contributed by atoms with E-state index in [4.69, 9.17) is 5.73 Å². The van der Waals surface area contributed by atoms with Crippen LogP contribution < -0.4 is 10.6 Å². The van der Waals surface area contributed by atoms with Crippen LogP contribution in [0.2, 0.25) is 0 Å². The van der Waals surface area contributed by atoms with Gasteiger partial charge < -0.3 is 10.6 Å². The quantitative estimate of drug-likeness (QED) is 0.891. The summed E-state index contributed by atoms with van der Waals surface area (Å²) in [5.74, 6) is 0.582. The maximum atomic E-state index is 5.62. The van der Waals surface area contributed by atoms with E-state index in [2.05, 4.69) is 74.3 Å². The molecule has 0 bridgehead atoms. The summed E-state index contributed by atoms with van der Waals surface area (Å²) in [5.41, 5.74) is 10.7. The molecule has 2 aromatic rings. The first-order valence-electron chi connectivity index (χ1n) is 7.19. The van der Waals surface area contributed by atoms with Gasteiger partial charge in [-0.2, -0.15) is 0 Å². The van der Waals surface area contributed by atoms with Gasteiger partial charge in [0.2, 0.25) is 0 Å². The Morgan fingerprint density at radius 3 is 1.95 bits per heavy atom. The Kier molecular flexibility index (Phi) is 4.80. The monoisotopic (exact) mass is 268 g/mol. The molecule has 2 aromatic carbocycles. The predicted octanol–water partition coefficient (Wildman–Crippen LogP) is 3.91. The molecule has 0 unspecified atom stereocenters. The minimum atomic E-state index is 0.582. The van der Waals surface area contributed by atoms with Gasteiger partial charge in [0.05, 0.1) is 0 Å². The van der Waals surface area contributed by atoms with E-state index in [1.165, 1.54) is 22.4 Å². The van der Waals surface area contributed by atoms with Crippen molar-refractivity contribution in [2.24, 2.45) is 5.73 Å². The van der Waals surface area contributed by atoms with Gasteiger partial charge in [-0.05, 0) is 34.7 Å². The van der Waals surface area contributed by atoms with Crippen LogP contribution in [0.15, 0.2) is 48.5 Å². The Bertz CT molecular complexity index is 526. The number of nitrogens with zero attached hydrogens (tertiary/aromatic N) is 1. The highest BCUT2D eigenvalue weighted by molar-refractivity contribution is 5.48. The highest BCUT2D eigenvalue weighted by Gasteiger charge is 2.04. The Labute approximate surface area is 122 Å². The molecule has 0 aliphatic rings. The molecule has 2 nitrogen and oxygen atoms in total. The largest absolute Gasteiger partial charge is 0.370 e. The van der Waals surface area contributed by atoms with Crippen molar-refractivity contribution in [3.63, 3.8) is 0 Å². The zero-order chi connectivity index (χ0) is 14.5. The number of hydrogen-bond donors (Lipinski definition) is 1. The Morgan fingerprint density at radius 2 is 1.45 bits per heavy atom. The van der Waals surface area contributed by atoms with Crippen LogP contribution in [-0.2, 0) is 13.1 Å². The van der Waals surface area contributed by atoms with Crippen LogP contribution in [0.5, 0.6) is 0 Å². The molecule has 2 N–H and O–H groups in total. The fourth-order valence-electron chi connectivity index (χ4n) is 2.26. The van der Waals surface area contributed by atoms with Crippen molar-refractivity contribution in [3.05, 3.63) is 65.2 Å². The molecule has 0 spiro atoms. The summed E-state index contributed by atoms with van der Waals surface area (Å²) in [7, 11) is 2.13.